The molecule has 1 fully saturated rings. The van der Waals surface area contributed by atoms with E-state index in [0.29, 0.717) is 23.2 Å². The summed E-state index contributed by atoms with van der Waals surface area (Å²) in [6.45, 7) is 4.08. The van der Waals surface area contributed by atoms with Gasteiger partial charge in [0.25, 0.3) is 0 Å². The fourth-order valence-electron chi connectivity index (χ4n) is 5.05. The first-order valence-electron chi connectivity index (χ1n) is 13.0. The lowest BCUT2D eigenvalue weighted by molar-refractivity contribution is 0.248. The molecule has 9 nitrogen and oxygen atoms in total. The highest BCUT2D eigenvalue weighted by atomic mass is 16.5. The number of hydrogen-bond acceptors (Lipinski definition) is 8. The summed E-state index contributed by atoms with van der Waals surface area (Å²) in [5, 5.41) is 4.85. The van der Waals surface area contributed by atoms with Gasteiger partial charge in [0.2, 0.25) is 6.39 Å². The smallest absolute Gasteiger partial charge is 0.213 e. The van der Waals surface area contributed by atoms with Gasteiger partial charge in [0, 0.05) is 11.5 Å². The van der Waals surface area contributed by atoms with Gasteiger partial charge in [-0.2, -0.15) is 4.98 Å². The maximum atomic E-state index is 6.49. The molecule has 1 atom stereocenters. The summed E-state index contributed by atoms with van der Waals surface area (Å²) in [6.07, 6.45) is 4.88. The van der Waals surface area contributed by atoms with E-state index in [1.54, 1.807) is 0 Å². The van der Waals surface area contributed by atoms with E-state index in [4.69, 9.17) is 15.0 Å². The highest BCUT2D eigenvalue weighted by Crippen LogP contribution is 2.39. The molecule has 1 aliphatic rings. The van der Waals surface area contributed by atoms with Crippen molar-refractivity contribution in [3.63, 3.8) is 0 Å². The average molecular weight is 520 g/mol. The molecule has 1 saturated heterocycles. The van der Waals surface area contributed by atoms with Crippen LogP contribution in [0, 0.1) is 17.8 Å². The molecule has 39 heavy (non-hydrogen) atoms. The van der Waals surface area contributed by atoms with E-state index in [0.717, 1.165) is 59.6 Å². The minimum absolute atomic E-state index is 0.295. The van der Waals surface area contributed by atoms with Gasteiger partial charge < -0.3 is 24.5 Å². The molecule has 6 rings (SSSR count). The number of benzene rings is 2. The number of nitrogens with two attached hydrogens (primary N) is 1. The Morgan fingerprint density at radius 2 is 1.74 bits per heavy atom. The number of ether oxygens (including phenoxy) is 1. The molecule has 196 valence electrons. The van der Waals surface area contributed by atoms with Crippen LogP contribution < -0.4 is 10.5 Å². The van der Waals surface area contributed by atoms with Gasteiger partial charge in [-0.15, -0.1) is 0 Å². The Labute approximate surface area is 226 Å². The maximum absolute atomic E-state index is 6.49. The number of piperidine rings is 1. The molecular formula is C30H29N7O2. The lowest BCUT2D eigenvalue weighted by Gasteiger charge is -2.25. The monoisotopic (exact) mass is 519 g/mol. The number of aromatic nitrogens is 5. The number of para-hydroxylation sites is 1. The van der Waals surface area contributed by atoms with Crippen molar-refractivity contribution in [3.8, 4) is 34.5 Å². The molecular weight excluding hydrogens is 490 g/mol. The summed E-state index contributed by atoms with van der Waals surface area (Å²) >= 11 is 0. The van der Waals surface area contributed by atoms with Crippen LogP contribution in [0.25, 0.3) is 22.2 Å². The van der Waals surface area contributed by atoms with Crippen molar-refractivity contribution in [1.82, 2.24) is 29.6 Å². The molecule has 3 aromatic heterocycles. The first kappa shape index (κ1) is 24.6. The Kier molecular flexibility index (Phi) is 6.69. The first-order valence-corrected chi connectivity index (χ1v) is 13.0. The van der Waals surface area contributed by atoms with E-state index in [1.165, 1.54) is 12.7 Å². The van der Waals surface area contributed by atoms with Crippen LogP contribution >= 0.6 is 0 Å². The fraction of sp³-hybridized carbons (Fsp3) is 0.267. The topological polar surface area (TPSA) is 108 Å². The van der Waals surface area contributed by atoms with E-state index in [1.807, 2.05) is 66.1 Å². The van der Waals surface area contributed by atoms with Crippen molar-refractivity contribution >= 4 is 16.9 Å². The lowest BCUT2D eigenvalue weighted by atomic mass is 9.97. The van der Waals surface area contributed by atoms with Crippen molar-refractivity contribution in [2.45, 2.75) is 25.8 Å². The number of hydrogen-bond donors (Lipinski definition) is 1. The van der Waals surface area contributed by atoms with E-state index in [-0.39, 0.29) is 6.04 Å². The van der Waals surface area contributed by atoms with Crippen molar-refractivity contribution in [2.75, 3.05) is 25.9 Å². The van der Waals surface area contributed by atoms with Crippen LogP contribution in [0.5, 0.6) is 11.5 Å². The first-order chi connectivity index (χ1) is 19.1. The van der Waals surface area contributed by atoms with Crippen LogP contribution in [0.15, 0.2) is 71.8 Å². The predicted molar refractivity (Wildman–Crippen MR) is 149 cm³/mol. The summed E-state index contributed by atoms with van der Waals surface area (Å²) in [7, 11) is 2.15. The molecule has 2 N–H and O–H groups in total. The summed E-state index contributed by atoms with van der Waals surface area (Å²) in [6, 6.07) is 17.3. The van der Waals surface area contributed by atoms with Crippen LogP contribution in [0.4, 0.5) is 5.82 Å². The van der Waals surface area contributed by atoms with Gasteiger partial charge in [-0.05, 0) is 75.7 Å². The van der Waals surface area contributed by atoms with Crippen LogP contribution in [-0.4, -0.2) is 49.7 Å². The second-order valence-corrected chi connectivity index (χ2v) is 9.80. The van der Waals surface area contributed by atoms with E-state index < -0.39 is 0 Å². The van der Waals surface area contributed by atoms with Crippen molar-refractivity contribution in [2.24, 2.45) is 5.92 Å². The maximum Gasteiger partial charge on any atom is 0.213 e. The molecule has 0 aliphatic carbocycles. The summed E-state index contributed by atoms with van der Waals surface area (Å²) in [5.41, 5.74) is 9.78. The zero-order valence-electron chi connectivity index (χ0n) is 21.9. The van der Waals surface area contributed by atoms with Gasteiger partial charge in [-0.25, -0.2) is 9.97 Å². The van der Waals surface area contributed by atoms with Crippen LogP contribution in [0.1, 0.15) is 37.3 Å². The fourth-order valence-corrected chi connectivity index (χ4v) is 5.05. The molecule has 2 aromatic carbocycles. The van der Waals surface area contributed by atoms with Crippen LogP contribution in [0.2, 0.25) is 0 Å². The lowest BCUT2D eigenvalue weighted by Crippen LogP contribution is -2.29. The van der Waals surface area contributed by atoms with Crippen LogP contribution in [-0.2, 0) is 0 Å². The predicted octanol–water partition coefficient (Wildman–Crippen LogP) is 5.16. The number of nitrogen functional groups attached to an aromatic ring is 1. The SMILES string of the molecule is CC(c1ncon1)n1c(C#CC2CCN(C)CC2)c(-c2ccc(Oc3ccccc3)cc2)c2c(N)ncnc21. The Hall–Kier alpha value is -4.68. The second kappa shape index (κ2) is 10.6. The third-order valence-corrected chi connectivity index (χ3v) is 7.19. The van der Waals surface area contributed by atoms with Crippen molar-refractivity contribution in [1.29, 1.82) is 0 Å². The second-order valence-electron chi connectivity index (χ2n) is 9.80. The van der Waals surface area contributed by atoms with E-state index in [2.05, 4.69) is 43.9 Å². The third kappa shape index (κ3) is 4.94. The third-order valence-electron chi connectivity index (χ3n) is 7.19. The number of fused-ring (bicyclic) bond motifs is 1. The van der Waals surface area contributed by atoms with Gasteiger partial charge in [-0.3, -0.25) is 0 Å². The Morgan fingerprint density at radius 3 is 2.46 bits per heavy atom. The Morgan fingerprint density at radius 1 is 1.00 bits per heavy atom. The Bertz CT molecular complexity index is 1630. The van der Waals surface area contributed by atoms with E-state index in [9.17, 15) is 0 Å². The van der Waals surface area contributed by atoms with Crippen molar-refractivity contribution in [3.05, 3.63) is 78.8 Å². The van der Waals surface area contributed by atoms with Gasteiger partial charge >= 0.3 is 0 Å². The standard InChI is InChI=1S/C30H29N7O2/c1-20(29-34-19-38-35-29)37-25(13-8-21-14-16-36(2)17-15-21)26(27-28(31)32-18-33-30(27)37)22-9-11-24(12-10-22)39-23-6-4-3-5-7-23/h3-7,9-12,18-21H,14-17H2,1-2H3,(H2,31,32,33). The average Bonchev–Trinajstić information content (AvgIpc) is 3.61. The number of likely N-dealkylation sites (tertiary alicyclic amines) is 1. The highest BCUT2D eigenvalue weighted by Gasteiger charge is 2.27. The molecule has 0 radical (unpaired) electrons. The molecule has 0 spiro atoms. The minimum atomic E-state index is -0.295. The molecule has 1 aliphatic heterocycles. The van der Waals surface area contributed by atoms with Crippen LogP contribution in [0.3, 0.4) is 0 Å². The normalized spacial score (nSPS) is 15.1. The highest BCUT2D eigenvalue weighted by molar-refractivity contribution is 6.03. The van der Waals surface area contributed by atoms with Gasteiger partial charge in [0.1, 0.15) is 35.0 Å². The van der Waals surface area contributed by atoms with Crippen molar-refractivity contribution < 1.29 is 9.26 Å². The van der Waals surface area contributed by atoms with E-state index >= 15 is 0 Å². The summed E-state index contributed by atoms with van der Waals surface area (Å²) in [4.78, 5) is 15.6. The van der Waals surface area contributed by atoms with Gasteiger partial charge in [0.15, 0.2) is 5.82 Å². The molecule has 0 amide bonds. The summed E-state index contributed by atoms with van der Waals surface area (Å²) < 4.78 is 13.1. The quantitative estimate of drug-likeness (QED) is 0.317. The zero-order chi connectivity index (χ0) is 26.8. The molecule has 1 unspecified atom stereocenters. The van der Waals surface area contributed by atoms with Gasteiger partial charge in [0.05, 0.1) is 11.4 Å². The Balaban J connectivity index is 1.50. The number of nitrogens with zero attached hydrogens (tertiary/aromatic N) is 6. The molecule has 0 saturated carbocycles. The van der Waals surface area contributed by atoms with Gasteiger partial charge in [-0.1, -0.05) is 41.4 Å². The number of rotatable bonds is 5. The number of anilines is 1. The summed E-state index contributed by atoms with van der Waals surface area (Å²) in [5.74, 6) is 9.83. The minimum Gasteiger partial charge on any atom is -0.457 e. The largest absolute Gasteiger partial charge is 0.457 e. The molecule has 9 heteroatoms. The molecule has 5 aromatic rings. The zero-order valence-corrected chi connectivity index (χ0v) is 21.9. The molecule has 0 bridgehead atoms. The molecule has 4 heterocycles.